The predicted molar refractivity (Wildman–Crippen MR) is 41.2 cm³/mol. The number of hydrogen-bond donors (Lipinski definition) is 2. The summed E-state index contributed by atoms with van der Waals surface area (Å²) in [6.07, 6.45) is -1.44. The number of cyclic esters (lactones) is 1. The molecule has 1 rings (SSSR count). The number of ether oxygens (including phenoxy) is 1. The van der Waals surface area contributed by atoms with Gasteiger partial charge in [0.25, 0.3) is 0 Å². The molecule has 1 unspecified atom stereocenters. The lowest BCUT2D eigenvalue weighted by molar-refractivity contribution is -0.147. The topological polar surface area (TPSA) is 87.1 Å². The summed E-state index contributed by atoms with van der Waals surface area (Å²) >= 11 is 0. The van der Waals surface area contributed by atoms with Crippen LogP contribution >= 0.6 is 0 Å². The van der Waals surface area contributed by atoms with Crippen LogP contribution in [0.15, 0.2) is 0 Å². The fourth-order valence-electron chi connectivity index (χ4n) is 1.05. The van der Waals surface area contributed by atoms with E-state index in [9.17, 15) is 9.59 Å². The number of hydrogen-bond acceptors (Lipinski definition) is 4. The van der Waals surface area contributed by atoms with Crippen molar-refractivity contribution in [3.05, 3.63) is 0 Å². The summed E-state index contributed by atoms with van der Waals surface area (Å²) < 4.78 is 4.65. The molecule has 2 N–H and O–H groups in total. The number of nitrogens with zero attached hydrogens (tertiary/aromatic N) is 1. The highest BCUT2D eigenvalue weighted by atomic mass is 16.6. The first kappa shape index (κ1) is 9.79. The van der Waals surface area contributed by atoms with Crippen LogP contribution in [0.4, 0.5) is 4.79 Å². The first-order valence-electron chi connectivity index (χ1n) is 3.94. The molecule has 0 aromatic carbocycles. The molecule has 1 atom stereocenters. The van der Waals surface area contributed by atoms with E-state index in [1.165, 1.54) is 4.90 Å². The number of amides is 1. The molecule has 0 aromatic heterocycles. The van der Waals surface area contributed by atoms with Crippen molar-refractivity contribution >= 4 is 12.1 Å². The number of carbonyl (C=O) groups is 2. The van der Waals surface area contributed by atoms with Crippen LogP contribution in [0.25, 0.3) is 0 Å². The highest BCUT2D eigenvalue weighted by Crippen LogP contribution is 2.05. The lowest BCUT2D eigenvalue weighted by Crippen LogP contribution is -2.44. The van der Waals surface area contributed by atoms with Gasteiger partial charge in [-0.2, -0.15) is 0 Å². The second kappa shape index (κ2) is 4.08. The third-order valence-electron chi connectivity index (χ3n) is 1.73. The van der Waals surface area contributed by atoms with E-state index in [2.05, 4.69) is 4.74 Å². The van der Waals surface area contributed by atoms with Crippen molar-refractivity contribution in [2.75, 3.05) is 19.7 Å². The van der Waals surface area contributed by atoms with Crippen LogP contribution in [0.1, 0.15) is 6.42 Å². The van der Waals surface area contributed by atoms with E-state index in [1.807, 2.05) is 0 Å². The highest BCUT2D eigenvalue weighted by Gasteiger charge is 2.24. The number of rotatable bonds is 3. The summed E-state index contributed by atoms with van der Waals surface area (Å²) in [7, 11) is 0. The number of carbonyl (C=O) groups excluding carboxylic acids is 1. The lowest BCUT2D eigenvalue weighted by atomic mass is 10.3. The highest BCUT2D eigenvalue weighted by molar-refractivity contribution is 5.74. The van der Waals surface area contributed by atoms with E-state index >= 15 is 0 Å². The van der Waals surface area contributed by atoms with Crippen LogP contribution in [0.2, 0.25) is 0 Å². The van der Waals surface area contributed by atoms with Gasteiger partial charge in [-0.05, 0) is 6.42 Å². The molecule has 0 bridgehead atoms. The Kier molecular flexibility index (Phi) is 3.07. The summed E-state index contributed by atoms with van der Waals surface area (Å²) in [5.74, 6) is -1.33. The first-order chi connectivity index (χ1) is 6.11. The summed E-state index contributed by atoms with van der Waals surface area (Å²) in [6.45, 7) is 0.579. The Bertz CT molecular complexity index is 217. The Labute approximate surface area is 74.7 Å². The third kappa shape index (κ3) is 2.59. The Hall–Kier alpha value is -1.30. The molecule has 0 spiro atoms. The Morgan fingerprint density at radius 3 is 2.92 bits per heavy atom. The van der Waals surface area contributed by atoms with Crippen molar-refractivity contribution < 1.29 is 24.5 Å². The molecule has 6 heteroatoms. The molecule has 13 heavy (non-hydrogen) atoms. The largest absolute Gasteiger partial charge is 0.479 e. The number of β-amino-alcohol motifs (C(OH)–C–C–N with tert-alkyl or cyclic N) is 1. The second-order valence-electron chi connectivity index (χ2n) is 2.77. The fraction of sp³-hybridized carbons (Fsp3) is 0.714. The van der Waals surface area contributed by atoms with Gasteiger partial charge in [0.05, 0.1) is 13.2 Å². The maximum atomic E-state index is 11.0. The molecule has 0 aromatic rings. The predicted octanol–water partition coefficient (Wildman–Crippen LogP) is -0.726. The zero-order valence-corrected chi connectivity index (χ0v) is 6.97. The Morgan fingerprint density at radius 2 is 2.38 bits per heavy atom. The van der Waals surface area contributed by atoms with E-state index in [0.29, 0.717) is 19.6 Å². The van der Waals surface area contributed by atoms with Crippen molar-refractivity contribution in [1.82, 2.24) is 4.90 Å². The van der Waals surface area contributed by atoms with Gasteiger partial charge in [-0.3, -0.25) is 0 Å². The smallest absolute Gasteiger partial charge is 0.409 e. The van der Waals surface area contributed by atoms with Crippen molar-refractivity contribution in [1.29, 1.82) is 0 Å². The van der Waals surface area contributed by atoms with Crippen LogP contribution in [0.3, 0.4) is 0 Å². The van der Waals surface area contributed by atoms with E-state index in [-0.39, 0.29) is 6.54 Å². The number of aliphatic carboxylic acids is 1. The van der Waals surface area contributed by atoms with Crippen LogP contribution in [-0.2, 0) is 9.53 Å². The Morgan fingerprint density at radius 1 is 1.69 bits per heavy atom. The van der Waals surface area contributed by atoms with Gasteiger partial charge in [0, 0.05) is 6.54 Å². The first-order valence-corrected chi connectivity index (χ1v) is 3.94. The maximum absolute atomic E-state index is 11.0. The molecule has 0 radical (unpaired) electrons. The minimum absolute atomic E-state index is 0.214. The van der Waals surface area contributed by atoms with Gasteiger partial charge >= 0.3 is 12.1 Å². The molecule has 74 valence electrons. The van der Waals surface area contributed by atoms with Crippen LogP contribution in [0, 0.1) is 0 Å². The second-order valence-corrected chi connectivity index (χ2v) is 2.77. The molecular weight excluding hydrogens is 178 g/mol. The van der Waals surface area contributed by atoms with Gasteiger partial charge in [-0.15, -0.1) is 0 Å². The minimum atomic E-state index is -1.54. The molecular formula is C7H11NO5. The van der Waals surface area contributed by atoms with Crippen LogP contribution in [-0.4, -0.2) is 53.0 Å². The van der Waals surface area contributed by atoms with Crippen LogP contribution in [0.5, 0.6) is 0 Å². The van der Waals surface area contributed by atoms with Crippen molar-refractivity contribution in [2.45, 2.75) is 12.5 Å². The lowest BCUT2D eigenvalue weighted by Gasteiger charge is -2.26. The molecule has 1 fully saturated rings. The summed E-state index contributed by atoms with van der Waals surface area (Å²) in [5, 5.41) is 17.3. The molecule has 1 aliphatic rings. The summed E-state index contributed by atoms with van der Waals surface area (Å²) in [5.41, 5.74) is 0. The maximum Gasteiger partial charge on any atom is 0.409 e. The third-order valence-corrected chi connectivity index (χ3v) is 1.73. The number of carboxylic acid groups (broad SMARTS) is 1. The average molecular weight is 189 g/mol. The SMILES string of the molecule is O=C(O)C(O)CN1CCCOC1=O. The van der Waals surface area contributed by atoms with Gasteiger partial charge in [-0.25, -0.2) is 9.59 Å². The quantitative estimate of drug-likeness (QED) is 0.611. The standard InChI is InChI=1S/C7H11NO5/c9-5(6(10)11)4-8-2-1-3-13-7(8)12/h5,9H,1-4H2,(H,10,11). The number of carboxylic acids is 1. The molecule has 1 aliphatic heterocycles. The van der Waals surface area contributed by atoms with Gasteiger partial charge < -0.3 is 19.8 Å². The van der Waals surface area contributed by atoms with Gasteiger partial charge in [0.2, 0.25) is 0 Å². The van der Waals surface area contributed by atoms with E-state index < -0.39 is 18.2 Å². The molecule has 1 heterocycles. The van der Waals surface area contributed by atoms with Gasteiger partial charge in [0.1, 0.15) is 0 Å². The zero-order chi connectivity index (χ0) is 9.84. The molecule has 1 amide bonds. The average Bonchev–Trinajstić information content (AvgIpc) is 2.08. The van der Waals surface area contributed by atoms with Gasteiger partial charge in [0.15, 0.2) is 6.10 Å². The van der Waals surface area contributed by atoms with Crippen LogP contribution < -0.4 is 0 Å². The number of aliphatic hydroxyl groups is 1. The summed E-state index contributed by atoms with van der Waals surface area (Å²) in [4.78, 5) is 22.4. The molecule has 0 aliphatic carbocycles. The van der Waals surface area contributed by atoms with E-state index in [0.717, 1.165) is 0 Å². The monoisotopic (exact) mass is 189 g/mol. The van der Waals surface area contributed by atoms with Crippen molar-refractivity contribution in [3.8, 4) is 0 Å². The van der Waals surface area contributed by atoms with Gasteiger partial charge in [-0.1, -0.05) is 0 Å². The normalized spacial score (nSPS) is 19.5. The fourth-order valence-corrected chi connectivity index (χ4v) is 1.05. The minimum Gasteiger partial charge on any atom is -0.479 e. The molecule has 1 saturated heterocycles. The molecule has 6 nitrogen and oxygen atoms in total. The van der Waals surface area contributed by atoms with Crippen molar-refractivity contribution in [2.24, 2.45) is 0 Å². The van der Waals surface area contributed by atoms with E-state index in [4.69, 9.17) is 10.2 Å². The Balaban J connectivity index is 2.42. The van der Waals surface area contributed by atoms with Crippen molar-refractivity contribution in [3.63, 3.8) is 0 Å². The summed E-state index contributed by atoms with van der Waals surface area (Å²) in [6, 6.07) is 0. The molecule has 0 saturated carbocycles. The zero-order valence-electron chi connectivity index (χ0n) is 6.97. The number of aliphatic hydroxyl groups excluding tert-OH is 1. The van der Waals surface area contributed by atoms with E-state index in [1.54, 1.807) is 0 Å².